The van der Waals surface area contributed by atoms with Gasteiger partial charge in [0.2, 0.25) is 11.8 Å². The van der Waals surface area contributed by atoms with Gasteiger partial charge in [-0.2, -0.15) is 0 Å². The van der Waals surface area contributed by atoms with Gasteiger partial charge in [-0.25, -0.2) is 9.74 Å². The lowest BCUT2D eigenvalue weighted by molar-refractivity contribution is -0.178. The maximum atomic E-state index is 13.1. The third kappa shape index (κ3) is 8.51. The van der Waals surface area contributed by atoms with Gasteiger partial charge in [0, 0.05) is 29.7 Å². The monoisotopic (exact) mass is 415 g/mol. The fourth-order valence-electron chi connectivity index (χ4n) is 3.16. The van der Waals surface area contributed by atoms with Crippen molar-refractivity contribution in [2.45, 2.75) is 85.4 Å². The molecule has 0 saturated heterocycles. The van der Waals surface area contributed by atoms with Crippen LogP contribution in [0.5, 0.6) is 0 Å². The van der Waals surface area contributed by atoms with E-state index in [9.17, 15) is 18.9 Å². The van der Waals surface area contributed by atoms with Crippen LogP contribution in [0.15, 0.2) is 11.6 Å². The first kappa shape index (κ1) is 27.0. The zero-order valence-corrected chi connectivity index (χ0v) is 19.1. The highest BCUT2D eigenvalue weighted by Crippen LogP contribution is 2.18. The fourth-order valence-corrected chi connectivity index (χ4v) is 3.16. The summed E-state index contributed by atoms with van der Waals surface area (Å²) in [4.78, 5) is 41.8. The van der Waals surface area contributed by atoms with Gasteiger partial charge in [-0.3, -0.25) is 9.59 Å². The molecule has 0 heterocycles. The smallest absolute Gasteiger partial charge is 0.343 e. The summed E-state index contributed by atoms with van der Waals surface area (Å²) in [6.07, 6.45) is 3.09. The molecule has 0 rings (SSSR count). The predicted octanol–water partition coefficient (Wildman–Crippen LogP) is 2.91. The predicted molar refractivity (Wildman–Crippen MR) is 112 cm³/mol. The third-order valence-electron chi connectivity index (χ3n) is 4.96. The summed E-state index contributed by atoms with van der Waals surface area (Å²) < 4.78 is 12.0. The highest BCUT2D eigenvalue weighted by Gasteiger charge is 2.37. The molecule has 0 aromatic heterocycles. The van der Waals surface area contributed by atoms with Gasteiger partial charge < -0.3 is 15.5 Å². The van der Waals surface area contributed by atoms with E-state index in [2.05, 4.69) is 15.6 Å². The van der Waals surface area contributed by atoms with Crippen LogP contribution in [0, 0.1) is 5.92 Å². The minimum Gasteiger partial charge on any atom is -0.343 e. The van der Waals surface area contributed by atoms with Gasteiger partial charge in [-0.15, -0.1) is 0 Å². The van der Waals surface area contributed by atoms with E-state index in [-0.39, 0.29) is 35.9 Å². The van der Waals surface area contributed by atoms with Crippen LogP contribution >= 0.6 is 0 Å². The lowest BCUT2D eigenvalue weighted by Crippen LogP contribution is -2.61. The van der Waals surface area contributed by atoms with Crippen molar-refractivity contribution < 1.29 is 23.9 Å². The fraction of sp³-hybridized carbons (Fsp3) is 0.762. The molecule has 0 aromatic rings. The number of hydrogen-bond acceptors (Lipinski definition) is 5. The zero-order chi connectivity index (χ0) is 22.8. The summed E-state index contributed by atoms with van der Waals surface area (Å²) in [6, 6.07) is -0.577. The molecule has 0 saturated carbocycles. The van der Waals surface area contributed by atoms with Crippen molar-refractivity contribution in [3.63, 3.8) is 0 Å². The molecule has 0 fully saturated rings. The number of carbonyl (C=O) groups excluding carboxylic acids is 3. The molecule has 168 valence electrons. The van der Waals surface area contributed by atoms with Crippen LogP contribution in [0.1, 0.15) is 67.7 Å². The largest absolute Gasteiger partial charge is 0.375 e. The van der Waals surface area contributed by atoms with E-state index in [1.807, 2.05) is 41.5 Å². The molecule has 0 spiro atoms. The van der Waals surface area contributed by atoms with Crippen molar-refractivity contribution in [3.8, 4) is 0 Å². The number of amides is 2. The van der Waals surface area contributed by atoms with Crippen LogP contribution in [0.4, 0.5) is 4.53 Å². The Bertz CT molecular complexity index is 586. The molecule has 0 aliphatic heterocycles. The number of nitrogens with one attached hydrogen (secondary N) is 2. The molecule has 2 N–H and O–H groups in total. The van der Waals surface area contributed by atoms with Gasteiger partial charge in [0.25, 0.3) is 0 Å². The molecular formula is C21H38FN3O4. The van der Waals surface area contributed by atoms with Crippen LogP contribution in [0.25, 0.3) is 0 Å². The van der Waals surface area contributed by atoms with E-state index in [4.69, 9.17) is 0 Å². The second kappa shape index (κ2) is 12.6. The standard InChI is InChI=1S/C21H38FN3O4/c1-9-21(10-2,24-15(5)6)20(28)23-17(13-14(3)4)18(26)25(8)12-11-16(7)19(27)29-22/h11,14-15,17,24H,9-10,12-13H2,1-8H3,(H,23,28)/b16-11+. The Labute approximate surface area is 174 Å². The van der Waals surface area contributed by atoms with E-state index >= 15 is 0 Å². The first-order valence-corrected chi connectivity index (χ1v) is 10.3. The maximum Gasteiger partial charge on any atom is 0.375 e. The highest BCUT2D eigenvalue weighted by molar-refractivity contribution is 5.92. The van der Waals surface area contributed by atoms with Crippen LogP contribution in [-0.2, 0) is 19.3 Å². The summed E-state index contributed by atoms with van der Waals surface area (Å²) in [5.74, 6) is -1.37. The third-order valence-corrected chi connectivity index (χ3v) is 4.96. The van der Waals surface area contributed by atoms with Crippen LogP contribution in [-0.4, -0.2) is 53.9 Å². The van der Waals surface area contributed by atoms with Crippen LogP contribution in [0.2, 0.25) is 0 Å². The van der Waals surface area contributed by atoms with Crippen molar-refractivity contribution in [3.05, 3.63) is 11.6 Å². The topological polar surface area (TPSA) is 87.7 Å². The quantitative estimate of drug-likeness (QED) is 0.479. The molecular weight excluding hydrogens is 377 g/mol. The number of hydrogen-bond donors (Lipinski definition) is 2. The Hall–Kier alpha value is -1.96. The van der Waals surface area contributed by atoms with E-state index in [1.165, 1.54) is 17.9 Å². The molecule has 1 unspecified atom stereocenters. The Morgan fingerprint density at radius 3 is 2.10 bits per heavy atom. The van der Waals surface area contributed by atoms with Crippen molar-refractivity contribution in [2.75, 3.05) is 13.6 Å². The molecule has 29 heavy (non-hydrogen) atoms. The van der Waals surface area contributed by atoms with E-state index in [0.29, 0.717) is 19.3 Å². The summed E-state index contributed by atoms with van der Waals surface area (Å²) in [5.41, 5.74) is -0.683. The minimum atomic E-state index is -1.09. The Morgan fingerprint density at radius 2 is 1.69 bits per heavy atom. The van der Waals surface area contributed by atoms with Crippen LogP contribution in [0.3, 0.4) is 0 Å². The first-order chi connectivity index (χ1) is 13.4. The Kier molecular flexibility index (Phi) is 11.7. The van der Waals surface area contributed by atoms with E-state index < -0.39 is 17.6 Å². The molecule has 0 bridgehead atoms. The SMILES string of the molecule is CCC(CC)(NC(C)C)C(=O)NC(CC(C)C)C(=O)N(C)C/C=C(\C)C(=O)OF. The number of carbonyl (C=O) groups is 3. The first-order valence-electron chi connectivity index (χ1n) is 10.3. The average Bonchev–Trinajstić information content (AvgIpc) is 2.67. The van der Waals surface area contributed by atoms with Crippen molar-refractivity contribution in [1.82, 2.24) is 15.5 Å². The Morgan fingerprint density at radius 1 is 1.14 bits per heavy atom. The molecule has 1 atom stereocenters. The normalized spacial score (nSPS) is 13.4. The lowest BCUT2D eigenvalue weighted by Gasteiger charge is -2.35. The summed E-state index contributed by atoms with van der Waals surface area (Å²) in [6.45, 7) is 13.3. The van der Waals surface area contributed by atoms with Crippen molar-refractivity contribution >= 4 is 17.8 Å². The van der Waals surface area contributed by atoms with Gasteiger partial charge in [0.05, 0.1) is 5.54 Å². The van der Waals surface area contributed by atoms with Gasteiger partial charge in [0.15, 0.2) is 0 Å². The second-order valence-electron chi connectivity index (χ2n) is 8.21. The number of nitrogens with zero attached hydrogens (tertiary/aromatic N) is 1. The summed E-state index contributed by atoms with van der Waals surface area (Å²) >= 11 is 0. The summed E-state index contributed by atoms with van der Waals surface area (Å²) in [5, 5.41) is 6.28. The number of likely N-dealkylation sites (N-methyl/N-ethyl adjacent to an activating group) is 1. The van der Waals surface area contributed by atoms with Gasteiger partial charge in [0.1, 0.15) is 6.04 Å². The van der Waals surface area contributed by atoms with E-state index in [0.717, 1.165) is 0 Å². The molecule has 0 aromatic carbocycles. The van der Waals surface area contributed by atoms with Gasteiger partial charge in [-0.1, -0.05) is 33.8 Å². The molecule has 2 amide bonds. The van der Waals surface area contributed by atoms with Gasteiger partial charge in [-0.05, 0) is 46.0 Å². The van der Waals surface area contributed by atoms with Crippen LogP contribution < -0.4 is 10.6 Å². The lowest BCUT2D eigenvalue weighted by atomic mass is 9.89. The molecule has 0 aliphatic rings. The molecule has 0 aliphatic carbocycles. The average molecular weight is 416 g/mol. The van der Waals surface area contributed by atoms with Crippen molar-refractivity contribution in [1.29, 1.82) is 0 Å². The highest BCUT2D eigenvalue weighted by atomic mass is 19.3. The second-order valence-corrected chi connectivity index (χ2v) is 8.21. The zero-order valence-electron chi connectivity index (χ0n) is 19.1. The molecule has 7 nitrogen and oxygen atoms in total. The number of rotatable bonds is 12. The van der Waals surface area contributed by atoms with E-state index in [1.54, 1.807) is 7.05 Å². The number of halogens is 1. The molecule has 8 heteroatoms. The molecule has 0 radical (unpaired) electrons. The minimum absolute atomic E-state index is 0.0636. The summed E-state index contributed by atoms with van der Waals surface area (Å²) in [7, 11) is 1.58. The Balaban J connectivity index is 5.45. The van der Waals surface area contributed by atoms with Crippen molar-refractivity contribution in [2.24, 2.45) is 5.92 Å². The maximum absolute atomic E-state index is 13.1. The van der Waals surface area contributed by atoms with Gasteiger partial charge >= 0.3 is 5.97 Å².